The van der Waals surface area contributed by atoms with Gasteiger partial charge < -0.3 is 10.2 Å². The Labute approximate surface area is 80.8 Å². The normalized spacial score (nSPS) is 11.8. The lowest BCUT2D eigenvalue weighted by molar-refractivity contribution is 0.366. The summed E-state index contributed by atoms with van der Waals surface area (Å²) in [5, 5.41) is 18.5. The Morgan fingerprint density at radius 2 is 1.64 bits per heavy atom. The Balaban J connectivity index is 3.56. The fraction of sp³-hybridized carbons (Fsp3) is 0.400. The van der Waals surface area contributed by atoms with Crippen molar-refractivity contribution in [1.29, 1.82) is 0 Å². The highest BCUT2D eigenvalue weighted by Gasteiger charge is 2.27. The highest BCUT2D eigenvalue weighted by molar-refractivity contribution is 5.48. The van der Waals surface area contributed by atoms with Crippen LogP contribution in [0.5, 0.6) is 11.5 Å². The van der Waals surface area contributed by atoms with Crippen molar-refractivity contribution in [2.24, 2.45) is 0 Å². The third kappa shape index (κ3) is 1.64. The molecule has 2 nitrogen and oxygen atoms in total. The molecule has 0 spiro atoms. The number of halogens is 2. The molecule has 1 aromatic carbocycles. The Morgan fingerprint density at radius 3 is 2.07 bits per heavy atom. The predicted molar refractivity (Wildman–Crippen MR) is 48.4 cm³/mol. The monoisotopic (exact) mass is 202 g/mol. The molecule has 4 heteroatoms. The molecule has 0 aliphatic heterocycles. The molecule has 0 heterocycles. The number of phenolic OH excluding ortho intramolecular Hbond substituents is 2. The van der Waals surface area contributed by atoms with Crippen LogP contribution in [0.1, 0.15) is 26.3 Å². The van der Waals surface area contributed by atoms with E-state index in [2.05, 4.69) is 0 Å². The molecule has 0 amide bonds. The number of rotatable bonds is 0. The molecule has 0 aliphatic carbocycles. The van der Waals surface area contributed by atoms with Crippen LogP contribution in [0, 0.1) is 11.6 Å². The molecule has 0 bridgehead atoms. The molecule has 1 aromatic rings. The van der Waals surface area contributed by atoms with Crippen LogP contribution in [0.3, 0.4) is 0 Å². The van der Waals surface area contributed by atoms with Crippen molar-refractivity contribution in [3.8, 4) is 11.5 Å². The molecule has 1 rings (SSSR count). The number of hydrogen-bond donors (Lipinski definition) is 2. The van der Waals surface area contributed by atoms with E-state index in [1.807, 2.05) is 0 Å². The zero-order valence-electron chi connectivity index (χ0n) is 8.23. The van der Waals surface area contributed by atoms with Crippen molar-refractivity contribution in [3.63, 3.8) is 0 Å². The molecule has 0 fully saturated rings. The second-order valence-electron chi connectivity index (χ2n) is 4.17. The van der Waals surface area contributed by atoms with Gasteiger partial charge in [0.05, 0.1) is 0 Å². The molecule has 0 aromatic heterocycles. The second kappa shape index (κ2) is 3.12. The molecule has 0 unspecified atom stereocenters. The van der Waals surface area contributed by atoms with Gasteiger partial charge in [-0.05, 0) is 5.41 Å². The molecule has 0 aliphatic rings. The van der Waals surface area contributed by atoms with Crippen molar-refractivity contribution < 1.29 is 19.0 Å². The predicted octanol–water partition coefficient (Wildman–Crippen LogP) is 2.67. The van der Waals surface area contributed by atoms with E-state index in [1.165, 1.54) is 0 Å². The van der Waals surface area contributed by atoms with Gasteiger partial charge in [-0.3, -0.25) is 0 Å². The summed E-state index contributed by atoms with van der Waals surface area (Å²) in [5.74, 6) is -3.52. The number of phenols is 2. The van der Waals surface area contributed by atoms with Gasteiger partial charge in [0, 0.05) is 11.6 Å². The largest absolute Gasteiger partial charge is 0.504 e. The van der Waals surface area contributed by atoms with Crippen LogP contribution in [0.15, 0.2) is 6.07 Å². The van der Waals surface area contributed by atoms with E-state index in [9.17, 15) is 13.9 Å². The summed E-state index contributed by atoms with van der Waals surface area (Å²) in [6.45, 7) is 4.85. The van der Waals surface area contributed by atoms with Crippen LogP contribution in [-0.2, 0) is 5.41 Å². The summed E-state index contributed by atoms with van der Waals surface area (Å²) in [6, 6.07) is 0.555. The van der Waals surface area contributed by atoms with E-state index in [4.69, 9.17) is 5.11 Å². The first-order valence-corrected chi connectivity index (χ1v) is 4.15. The number of aromatic hydroxyl groups is 2. The van der Waals surface area contributed by atoms with Gasteiger partial charge in [-0.25, -0.2) is 8.78 Å². The number of benzene rings is 1. The minimum atomic E-state index is -1.16. The summed E-state index contributed by atoms with van der Waals surface area (Å²) in [5.41, 5.74) is -0.983. The third-order valence-corrected chi connectivity index (χ3v) is 1.92. The minimum absolute atomic E-state index is 0.213. The van der Waals surface area contributed by atoms with Crippen molar-refractivity contribution in [3.05, 3.63) is 23.3 Å². The topological polar surface area (TPSA) is 40.5 Å². The summed E-state index contributed by atoms with van der Waals surface area (Å²) >= 11 is 0. The first-order valence-electron chi connectivity index (χ1n) is 4.15. The second-order valence-corrected chi connectivity index (χ2v) is 4.17. The van der Waals surface area contributed by atoms with E-state index in [0.29, 0.717) is 6.07 Å². The molecule has 0 saturated heterocycles. The average molecular weight is 202 g/mol. The van der Waals surface area contributed by atoms with Gasteiger partial charge in [-0.15, -0.1) is 0 Å². The van der Waals surface area contributed by atoms with Crippen LogP contribution in [-0.4, -0.2) is 10.2 Å². The van der Waals surface area contributed by atoms with Crippen molar-refractivity contribution in [1.82, 2.24) is 0 Å². The first-order chi connectivity index (χ1) is 6.25. The lowest BCUT2D eigenvalue weighted by Gasteiger charge is -2.21. The van der Waals surface area contributed by atoms with Crippen LogP contribution in [0.25, 0.3) is 0 Å². The highest BCUT2D eigenvalue weighted by Crippen LogP contribution is 2.39. The molecule has 0 saturated carbocycles. The van der Waals surface area contributed by atoms with Crippen molar-refractivity contribution in [2.45, 2.75) is 26.2 Å². The number of hydrogen-bond acceptors (Lipinski definition) is 2. The van der Waals surface area contributed by atoms with Gasteiger partial charge in [0.15, 0.2) is 23.1 Å². The van der Waals surface area contributed by atoms with Crippen LogP contribution in [0.4, 0.5) is 8.78 Å². The van der Waals surface area contributed by atoms with Crippen LogP contribution in [0.2, 0.25) is 0 Å². The molecular weight excluding hydrogens is 190 g/mol. The Bertz CT molecular complexity index is 341. The fourth-order valence-corrected chi connectivity index (χ4v) is 1.29. The van der Waals surface area contributed by atoms with E-state index >= 15 is 0 Å². The summed E-state index contributed by atoms with van der Waals surface area (Å²) in [4.78, 5) is 0. The standard InChI is InChI=1S/C10H12F2O2/c1-10(2,3)7-8(12)5(11)4-6(13)9(7)14/h4,13-14H,1-3H3. The molecule has 0 atom stereocenters. The zero-order chi connectivity index (χ0) is 11.1. The molecule has 78 valence electrons. The quantitative estimate of drug-likeness (QED) is 0.635. The van der Waals surface area contributed by atoms with E-state index in [-0.39, 0.29) is 5.56 Å². The maximum atomic E-state index is 13.3. The molecule has 0 radical (unpaired) electrons. The van der Waals surface area contributed by atoms with Gasteiger partial charge >= 0.3 is 0 Å². The van der Waals surface area contributed by atoms with Gasteiger partial charge in [-0.1, -0.05) is 20.8 Å². The maximum Gasteiger partial charge on any atom is 0.166 e. The van der Waals surface area contributed by atoms with Crippen molar-refractivity contribution >= 4 is 0 Å². The van der Waals surface area contributed by atoms with E-state index < -0.39 is 28.5 Å². The van der Waals surface area contributed by atoms with Crippen LogP contribution >= 0.6 is 0 Å². The fourth-order valence-electron chi connectivity index (χ4n) is 1.29. The first kappa shape index (κ1) is 10.8. The SMILES string of the molecule is CC(C)(C)c1c(O)c(O)cc(F)c1F. The van der Waals surface area contributed by atoms with Gasteiger partial charge in [-0.2, -0.15) is 0 Å². The minimum Gasteiger partial charge on any atom is -0.504 e. The Hall–Kier alpha value is -1.32. The van der Waals surface area contributed by atoms with E-state index in [1.54, 1.807) is 20.8 Å². The van der Waals surface area contributed by atoms with E-state index in [0.717, 1.165) is 0 Å². The Kier molecular flexibility index (Phi) is 2.39. The smallest absolute Gasteiger partial charge is 0.166 e. The van der Waals surface area contributed by atoms with Gasteiger partial charge in [0.25, 0.3) is 0 Å². The molecule has 2 N–H and O–H groups in total. The van der Waals surface area contributed by atoms with Gasteiger partial charge in [0.1, 0.15) is 0 Å². The lowest BCUT2D eigenvalue weighted by Crippen LogP contribution is -2.15. The highest BCUT2D eigenvalue weighted by atomic mass is 19.2. The Morgan fingerprint density at radius 1 is 1.14 bits per heavy atom. The summed E-state index contributed by atoms with van der Waals surface area (Å²) < 4.78 is 26.2. The third-order valence-electron chi connectivity index (χ3n) is 1.92. The zero-order valence-corrected chi connectivity index (χ0v) is 8.23. The average Bonchev–Trinajstić information content (AvgIpc) is 1.98. The molecular formula is C10H12F2O2. The molecule has 14 heavy (non-hydrogen) atoms. The maximum absolute atomic E-state index is 13.3. The van der Waals surface area contributed by atoms with Crippen molar-refractivity contribution in [2.75, 3.05) is 0 Å². The summed E-state index contributed by atoms with van der Waals surface area (Å²) in [6.07, 6.45) is 0. The van der Waals surface area contributed by atoms with Gasteiger partial charge in [0.2, 0.25) is 0 Å². The lowest BCUT2D eigenvalue weighted by atomic mass is 9.85. The van der Waals surface area contributed by atoms with Crippen LogP contribution < -0.4 is 0 Å². The summed E-state index contributed by atoms with van der Waals surface area (Å²) in [7, 11) is 0.